The number of benzene rings is 1. The number of aromatic amines is 1. The van der Waals surface area contributed by atoms with E-state index in [9.17, 15) is 9.59 Å². The molecule has 4 rings (SSSR count). The van der Waals surface area contributed by atoms with Gasteiger partial charge in [0.1, 0.15) is 0 Å². The highest BCUT2D eigenvalue weighted by Crippen LogP contribution is 2.31. The zero-order chi connectivity index (χ0) is 20.2. The van der Waals surface area contributed by atoms with Gasteiger partial charge in [-0.1, -0.05) is 12.1 Å². The molecule has 2 aliphatic rings. The predicted octanol–water partition coefficient (Wildman–Crippen LogP) is 3.56. The van der Waals surface area contributed by atoms with Gasteiger partial charge in [-0.3, -0.25) is 4.98 Å². The fraction of sp³-hybridized carbons (Fsp3) is 0.636. The Kier molecular flexibility index (Phi) is 6.23. The molecule has 3 heterocycles. The number of hydrogen-bond donors (Lipinski definition) is 1. The first-order valence-electron chi connectivity index (χ1n) is 10.8. The summed E-state index contributed by atoms with van der Waals surface area (Å²) in [5.74, 6) is 0.593. The maximum atomic E-state index is 11.8. The van der Waals surface area contributed by atoms with Crippen molar-refractivity contribution in [1.29, 1.82) is 0 Å². The first-order valence-corrected chi connectivity index (χ1v) is 10.8. The van der Waals surface area contributed by atoms with Gasteiger partial charge < -0.3 is 19.0 Å². The highest BCUT2D eigenvalue weighted by atomic mass is 16.5. The molecule has 2 saturated heterocycles. The Bertz CT molecular complexity index is 890. The van der Waals surface area contributed by atoms with Gasteiger partial charge >= 0.3 is 11.8 Å². The SMILES string of the molecule is COC(=O)N1CCCC(CCCN2CCCC(c3cccc4[nH]c(=O)oc34)C2)C1. The molecule has 7 heteroatoms. The fourth-order valence-corrected chi connectivity index (χ4v) is 5.03. The second-order valence-electron chi connectivity index (χ2n) is 8.44. The van der Waals surface area contributed by atoms with Gasteiger partial charge in [0.05, 0.1) is 12.6 Å². The lowest BCUT2D eigenvalue weighted by molar-refractivity contribution is 0.0989. The largest absolute Gasteiger partial charge is 0.453 e. The van der Waals surface area contributed by atoms with E-state index in [-0.39, 0.29) is 11.8 Å². The molecule has 0 radical (unpaired) electrons. The zero-order valence-corrected chi connectivity index (χ0v) is 17.2. The second-order valence-corrected chi connectivity index (χ2v) is 8.44. The summed E-state index contributed by atoms with van der Waals surface area (Å²) < 4.78 is 10.3. The number of rotatable bonds is 5. The lowest BCUT2D eigenvalue weighted by Crippen LogP contribution is -2.40. The number of carbonyl (C=O) groups excluding carboxylic acids is 1. The van der Waals surface area contributed by atoms with Gasteiger partial charge in [-0.15, -0.1) is 0 Å². The van der Waals surface area contributed by atoms with Crippen LogP contribution in [0.2, 0.25) is 0 Å². The molecule has 0 saturated carbocycles. The van der Waals surface area contributed by atoms with Crippen LogP contribution in [-0.2, 0) is 4.74 Å². The van der Waals surface area contributed by atoms with Crippen molar-refractivity contribution < 1.29 is 13.9 Å². The van der Waals surface area contributed by atoms with Crippen LogP contribution >= 0.6 is 0 Å². The first-order chi connectivity index (χ1) is 14.1. The summed E-state index contributed by atoms with van der Waals surface area (Å²) in [4.78, 5) is 30.5. The third-order valence-electron chi connectivity index (χ3n) is 6.46. The van der Waals surface area contributed by atoms with Crippen LogP contribution in [0.1, 0.15) is 50.0 Å². The van der Waals surface area contributed by atoms with Crippen LogP contribution < -0.4 is 5.76 Å². The maximum Gasteiger partial charge on any atom is 0.417 e. The van der Waals surface area contributed by atoms with Crippen molar-refractivity contribution in [2.75, 3.05) is 39.8 Å². The van der Waals surface area contributed by atoms with Crippen LogP contribution in [0, 0.1) is 5.92 Å². The van der Waals surface area contributed by atoms with E-state index >= 15 is 0 Å². The van der Waals surface area contributed by atoms with Crippen LogP contribution in [0.15, 0.2) is 27.4 Å². The van der Waals surface area contributed by atoms with Crippen molar-refractivity contribution in [1.82, 2.24) is 14.8 Å². The molecule has 2 atom stereocenters. The summed E-state index contributed by atoms with van der Waals surface area (Å²) in [6.45, 7) is 4.86. The Morgan fingerprint density at radius 1 is 1.24 bits per heavy atom. The number of carbonyl (C=O) groups is 1. The van der Waals surface area contributed by atoms with Gasteiger partial charge in [0.2, 0.25) is 0 Å². The van der Waals surface area contributed by atoms with Crippen molar-refractivity contribution in [3.05, 3.63) is 34.3 Å². The van der Waals surface area contributed by atoms with Crippen LogP contribution in [0.3, 0.4) is 0 Å². The molecule has 2 fully saturated rings. The third kappa shape index (κ3) is 4.66. The van der Waals surface area contributed by atoms with Gasteiger partial charge in [-0.2, -0.15) is 0 Å². The summed E-state index contributed by atoms with van der Waals surface area (Å²) in [7, 11) is 1.46. The molecule has 158 valence electrons. The van der Waals surface area contributed by atoms with Crippen LogP contribution in [0.5, 0.6) is 0 Å². The number of para-hydroxylation sites is 1. The van der Waals surface area contributed by atoms with Crippen molar-refractivity contribution in [3.63, 3.8) is 0 Å². The summed E-state index contributed by atoms with van der Waals surface area (Å²) in [5, 5.41) is 0. The number of aromatic nitrogens is 1. The number of H-pyrrole nitrogens is 1. The van der Waals surface area contributed by atoms with Crippen molar-refractivity contribution in [2.45, 2.75) is 44.4 Å². The monoisotopic (exact) mass is 401 g/mol. The highest BCUT2D eigenvalue weighted by Gasteiger charge is 2.26. The Morgan fingerprint density at radius 2 is 2.10 bits per heavy atom. The number of methoxy groups -OCH3 is 1. The first kappa shape index (κ1) is 20.0. The molecule has 2 aromatic rings. The number of ether oxygens (including phenoxy) is 1. The van der Waals surface area contributed by atoms with Crippen LogP contribution in [0.25, 0.3) is 11.1 Å². The number of hydrogen-bond acceptors (Lipinski definition) is 5. The van der Waals surface area contributed by atoms with Crippen LogP contribution in [-0.4, -0.2) is 60.7 Å². The van der Waals surface area contributed by atoms with E-state index in [1.165, 1.54) is 13.5 Å². The predicted molar refractivity (Wildman–Crippen MR) is 111 cm³/mol. The number of nitrogens with zero attached hydrogens (tertiary/aromatic N) is 2. The molecule has 29 heavy (non-hydrogen) atoms. The Balaban J connectivity index is 1.30. The van der Waals surface area contributed by atoms with E-state index in [0.29, 0.717) is 11.8 Å². The minimum atomic E-state index is -0.381. The molecule has 0 spiro atoms. The number of piperidine rings is 2. The third-order valence-corrected chi connectivity index (χ3v) is 6.46. The molecule has 7 nitrogen and oxygen atoms in total. The standard InChI is InChI=1S/C22H31N3O4/c1-28-22(27)25-13-4-7-16(14-25)6-3-11-24-12-5-8-17(15-24)18-9-2-10-19-20(18)29-21(26)23-19/h2,9-10,16-17H,3-8,11-15H2,1H3,(H,23,26). The van der Waals surface area contributed by atoms with E-state index < -0.39 is 0 Å². The molecule has 1 amide bonds. The summed E-state index contributed by atoms with van der Waals surface area (Å²) in [5.41, 5.74) is 2.65. The van der Waals surface area contributed by atoms with E-state index in [0.717, 1.165) is 81.5 Å². The number of fused-ring (bicyclic) bond motifs is 1. The van der Waals surface area contributed by atoms with Crippen LogP contribution in [0.4, 0.5) is 4.79 Å². The lowest BCUT2D eigenvalue weighted by atomic mass is 9.89. The topological polar surface area (TPSA) is 78.8 Å². The average molecular weight is 402 g/mol. The molecule has 1 N–H and O–H groups in total. The Morgan fingerprint density at radius 3 is 2.97 bits per heavy atom. The van der Waals surface area contributed by atoms with E-state index in [2.05, 4.69) is 16.0 Å². The van der Waals surface area contributed by atoms with Crippen molar-refractivity contribution in [3.8, 4) is 0 Å². The second kappa shape index (κ2) is 9.03. The van der Waals surface area contributed by atoms with Gasteiger partial charge in [-0.05, 0) is 63.6 Å². The Labute approximate surface area is 171 Å². The zero-order valence-electron chi connectivity index (χ0n) is 17.2. The molecule has 2 unspecified atom stereocenters. The smallest absolute Gasteiger partial charge is 0.417 e. The van der Waals surface area contributed by atoms with Crippen molar-refractivity contribution in [2.24, 2.45) is 5.92 Å². The van der Waals surface area contributed by atoms with Crippen molar-refractivity contribution >= 4 is 17.2 Å². The summed E-state index contributed by atoms with van der Waals surface area (Å²) in [6, 6.07) is 5.99. The van der Waals surface area contributed by atoms with Gasteiger partial charge in [0.15, 0.2) is 5.58 Å². The molecule has 1 aromatic carbocycles. The van der Waals surface area contributed by atoms with Gasteiger partial charge in [0.25, 0.3) is 0 Å². The molecule has 0 aliphatic carbocycles. The molecule has 2 aliphatic heterocycles. The van der Waals surface area contributed by atoms with E-state index in [1.807, 2.05) is 17.0 Å². The summed E-state index contributed by atoms with van der Waals surface area (Å²) >= 11 is 0. The Hall–Kier alpha value is -2.28. The molecular weight excluding hydrogens is 370 g/mol. The van der Waals surface area contributed by atoms with Gasteiger partial charge in [0, 0.05) is 31.1 Å². The highest BCUT2D eigenvalue weighted by molar-refractivity contribution is 5.76. The fourth-order valence-electron chi connectivity index (χ4n) is 5.03. The van der Waals surface area contributed by atoms with E-state index in [1.54, 1.807) is 0 Å². The van der Waals surface area contributed by atoms with Gasteiger partial charge in [-0.25, -0.2) is 9.59 Å². The quantitative estimate of drug-likeness (QED) is 0.829. The molecule has 0 bridgehead atoms. The normalized spacial score (nSPS) is 23.4. The minimum absolute atomic E-state index is 0.195. The van der Waals surface area contributed by atoms with E-state index in [4.69, 9.17) is 9.15 Å². The average Bonchev–Trinajstić information content (AvgIpc) is 3.14. The minimum Gasteiger partial charge on any atom is -0.453 e. The number of nitrogens with one attached hydrogen (secondary N) is 1. The number of oxazole rings is 1. The number of likely N-dealkylation sites (tertiary alicyclic amines) is 2. The molecule has 1 aromatic heterocycles. The number of amides is 1. The lowest BCUT2D eigenvalue weighted by Gasteiger charge is -2.34. The molecular formula is C22H31N3O4. The maximum absolute atomic E-state index is 11.8. The summed E-state index contributed by atoms with van der Waals surface area (Å²) in [6.07, 6.45) is 6.66.